The maximum atomic E-state index is 13.9. The summed E-state index contributed by atoms with van der Waals surface area (Å²) in [4.78, 5) is 31.0. The highest BCUT2D eigenvalue weighted by Crippen LogP contribution is 2.40. The molecule has 0 saturated carbocycles. The summed E-state index contributed by atoms with van der Waals surface area (Å²) in [6.07, 6.45) is 7.16. The summed E-state index contributed by atoms with van der Waals surface area (Å²) in [5.74, 6) is 1.03. The van der Waals surface area contributed by atoms with E-state index in [0.717, 1.165) is 36.1 Å². The summed E-state index contributed by atoms with van der Waals surface area (Å²) >= 11 is 0. The van der Waals surface area contributed by atoms with Crippen LogP contribution in [-0.4, -0.2) is 46.0 Å². The minimum Gasteiger partial charge on any atom is -0.456 e. The number of amides is 3. The molecule has 1 aliphatic rings. The number of aromatic nitrogens is 2. The van der Waals surface area contributed by atoms with Crippen LogP contribution in [0.25, 0.3) is 0 Å². The van der Waals surface area contributed by atoms with Crippen molar-refractivity contribution >= 4 is 11.9 Å². The van der Waals surface area contributed by atoms with E-state index in [1.54, 1.807) is 18.6 Å². The second kappa shape index (κ2) is 12.7. The molecule has 10 heteroatoms. The molecular weight excluding hydrogens is 506 g/mol. The average molecular weight is 544 g/mol. The zero-order chi connectivity index (χ0) is 28.7. The summed E-state index contributed by atoms with van der Waals surface area (Å²) in [6, 6.07) is 14.4. The zero-order valence-corrected chi connectivity index (χ0v) is 23.1. The Morgan fingerprint density at radius 1 is 1.27 bits per heavy atom. The molecule has 0 aliphatic carbocycles. The van der Waals surface area contributed by atoms with Crippen LogP contribution in [0.2, 0.25) is 0 Å². The Labute approximate surface area is 234 Å². The van der Waals surface area contributed by atoms with E-state index in [-0.39, 0.29) is 11.9 Å². The van der Waals surface area contributed by atoms with E-state index in [2.05, 4.69) is 16.4 Å². The Kier molecular flexibility index (Phi) is 9.07. The summed E-state index contributed by atoms with van der Waals surface area (Å²) in [5.41, 5.74) is 14.1. The molecule has 3 aromatic rings. The SMILES string of the molecule is CCC1(c2cccc(Oc3cc(CC(N)c4cncn4C)ccc3C#N)c2)CCCCN(CCNC(N)=O)C1=O. The maximum Gasteiger partial charge on any atom is 0.312 e. The van der Waals surface area contributed by atoms with Gasteiger partial charge in [-0.2, -0.15) is 5.26 Å². The van der Waals surface area contributed by atoms with Crippen molar-refractivity contribution in [2.75, 3.05) is 19.6 Å². The number of benzene rings is 2. The number of carbonyl (C=O) groups excluding carboxylic acids is 2. The van der Waals surface area contributed by atoms with Gasteiger partial charge in [0.05, 0.1) is 29.0 Å². The Balaban J connectivity index is 1.59. The number of urea groups is 1. The van der Waals surface area contributed by atoms with Crippen molar-refractivity contribution < 1.29 is 14.3 Å². The number of likely N-dealkylation sites (tertiary alicyclic amines) is 1. The van der Waals surface area contributed by atoms with Gasteiger partial charge < -0.3 is 31.0 Å². The molecule has 0 bridgehead atoms. The number of nitriles is 1. The van der Waals surface area contributed by atoms with E-state index in [1.807, 2.05) is 59.8 Å². The Morgan fingerprint density at radius 2 is 2.10 bits per heavy atom. The topological polar surface area (TPSA) is 152 Å². The fourth-order valence-electron chi connectivity index (χ4n) is 5.51. The number of nitrogens with two attached hydrogens (primary N) is 2. The molecule has 4 rings (SSSR count). The molecule has 2 heterocycles. The van der Waals surface area contributed by atoms with E-state index in [0.29, 0.717) is 49.5 Å². The summed E-state index contributed by atoms with van der Waals surface area (Å²) < 4.78 is 8.17. The normalized spacial score (nSPS) is 18.1. The van der Waals surface area contributed by atoms with Crippen LogP contribution in [0.5, 0.6) is 11.5 Å². The van der Waals surface area contributed by atoms with Gasteiger partial charge in [0.2, 0.25) is 5.91 Å². The van der Waals surface area contributed by atoms with Gasteiger partial charge >= 0.3 is 6.03 Å². The third-order valence-corrected chi connectivity index (χ3v) is 7.73. The minimum absolute atomic E-state index is 0.0415. The molecule has 1 fully saturated rings. The Hall–Kier alpha value is -4.36. The second-order valence-electron chi connectivity index (χ2n) is 10.3. The first-order valence-electron chi connectivity index (χ1n) is 13.6. The predicted molar refractivity (Wildman–Crippen MR) is 151 cm³/mol. The van der Waals surface area contributed by atoms with Crippen LogP contribution in [0, 0.1) is 11.3 Å². The predicted octanol–water partition coefficient (Wildman–Crippen LogP) is 3.66. The van der Waals surface area contributed by atoms with Crippen LogP contribution in [0.15, 0.2) is 55.0 Å². The number of nitrogens with one attached hydrogen (secondary N) is 1. The first-order valence-corrected chi connectivity index (χ1v) is 13.6. The van der Waals surface area contributed by atoms with Crippen molar-refractivity contribution in [2.24, 2.45) is 18.5 Å². The van der Waals surface area contributed by atoms with E-state index >= 15 is 0 Å². The van der Waals surface area contributed by atoms with Crippen molar-refractivity contribution in [3.05, 3.63) is 77.4 Å². The molecule has 1 aromatic heterocycles. The lowest BCUT2D eigenvalue weighted by Gasteiger charge is -2.35. The summed E-state index contributed by atoms with van der Waals surface area (Å²) in [5, 5.41) is 12.3. The van der Waals surface area contributed by atoms with E-state index < -0.39 is 11.4 Å². The number of rotatable bonds is 10. The number of aryl methyl sites for hydroxylation is 1. The molecule has 2 unspecified atom stereocenters. The van der Waals surface area contributed by atoms with Gasteiger partial charge in [-0.05, 0) is 61.1 Å². The fraction of sp³-hybridized carbons (Fsp3) is 0.400. The van der Waals surface area contributed by atoms with Crippen molar-refractivity contribution in [2.45, 2.75) is 50.5 Å². The van der Waals surface area contributed by atoms with Crippen molar-refractivity contribution in [1.29, 1.82) is 5.26 Å². The fourth-order valence-corrected chi connectivity index (χ4v) is 5.51. The number of ether oxygens (including phenoxy) is 1. The zero-order valence-electron chi connectivity index (χ0n) is 23.1. The molecule has 210 valence electrons. The van der Waals surface area contributed by atoms with Crippen molar-refractivity contribution in [3.8, 4) is 17.6 Å². The lowest BCUT2D eigenvalue weighted by Crippen LogP contribution is -2.48. The minimum atomic E-state index is -0.710. The van der Waals surface area contributed by atoms with Crippen molar-refractivity contribution in [1.82, 2.24) is 19.8 Å². The maximum absolute atomic E-state index is 13.9. The first-order chi connectivity index (χ1) is 19.3. The number of hydrogen-bond donors (Lipinski definition) is 3. The number of carbonyl (C=O) groups is 2. The summed E-state index contributed by atoms with van der Waals surface area (Å²) in [7, 11) is 1.90. The van der Waals surface area contributed by atoms with Crippen LogP contribution in [0.1, 0.15) is 61.0 Å². The lowest BCUT2D eigenvalue weighted by atomic mass is 9.73. The average Bonchev–Trinajstić information content (AvgIpc) is 3.31. The molecule has 10 nitrogen and oxygen atoms in total. The number of nitrogens with zero attached hydrogens (tertiary/aromatic N) is 4. The monoisotopic (exact) mass is 543 g/mol. The lowest BCUT2D eigenvalue weighted by molar-refractivity contribution is -0.137. The van der Waals surface area contributed by atoms with Gasteiger partial charge in [-0.25, -0.2) is 9.78 Å². The molecular formula is C30H37N7O3. The van der Waals surface area contributed by atoms with Crippen LogP contribution in [0.4, 0.5) is 4.79 Å². The van der Waals surface area contributed by atoms with Gasteiger partial charge in [0, 0.05) is 32.9 Å². The van der Waals surface area contributed by atoms with Crippen LogP contribution >= 0.6 is 0 Å². The molecule has 1 saturated heterocycles. The van der Waals surface area contributed by atoms with Crippen molar-refractivity contribution in [3.63, 3.8) is 0 Å². The van der Waals surface area contributed by atoms with Gasteiger partial charge in [-0.3, -0.25) is 4.79 Å². The number of hydrogen-bond acceptors (Lipinski definition) is 6. The summed E-state index contributed by atoms with van der Waals surface area (Å²) in [6.45, 7) is 3.37. The molecule has 1 aliphatic heterocycles. The van der Waals surface area contributed by atoms with Gasteiger partial charge in [0.25, 0.3) is 0 Å². The Morgan fingerprint density at radius 3 is 2.80 bits per heavy atom. The smallest absolute Gasteiger partial charge is 0.312 e. The number of primary amides is 1. The van der Waals surface area contributed by atoms with E-state index in [1.165, 1.54) is 0 Å². The molecule has 0 spiro atoms. The van der Waals surface area contributed by atoms with Crippen LogP contribution < -0.4 is 21.5 Å². The molecule has 0 radical (unpaired) electrons. The molecule has 5 N–H and O–H groups in total. The van der Waals surface area contributed by atoms with Crippen LogP contribution in [0.3, 0.4) is 0 Å². The standard InChI is InChI=1S/C30H37N7O3/c1-3-30(11-4-5-13-37(28(30)38)14-12-35-29(33)39)23-7-6-8-24(17-23)40-27-16-21(9-10-22(27)18-31)15-25(32)26-19-34-20-36(26)2/h6-10,16-17,19-20,25H,3-5,11-15,32H2,1-2H3,(H3,33,35,39). The first kappa shape index (κ1) is 28.6. The quantitative estimate of drug-likeness (QED) is 0.355. The van der Waals surface area contributed by atoms with Gasteiger partial charge in [-0.15, -0.1) is 0 Å². The second-order valence-corrected chi connectivity index (χ2v) is 10.3. The molecule has 40 heavy (non-hydrogen) atoms. The highest BCUT2D eigenvalue weighted by atomic mass is 16.5. The third-order valence-electron chi connectivity index (χ3n) is 7.73. The van der Waals surface area contributed by atoms with E-state index in [9.17, 15) is 14.9 Å². The van der Waals surface area contributed by atoms with Gasteiger partial charge in [-0.1, -0.05) is 31.5 Å². The van der Waals surface area contributed by atoms with Gasteiger partial charge in [0.1, 0.15) is 17.6 Å². The largest absolute Gasteiger partial charge is 0.456 e. The highest BCUT2D eigenvalue weighted by Gasteiger charge is 2.42. The Bertz CT molecular complexity index is 1400. The van der Waals surface area contributed by atoms with Gasteiger partial charge in [0.15, 0.2) is 0 Å². The van der Waals surface area contributed by atoms with Crippen LogP contribution in [-0.2, 0) is 23.7 Å². The third kappa shape index (κ3) is 6.26. The molecule has 3 amide bonds. The molecule has 2 aromatic carbocycles. The molecule has 2 atom stereocenters. The van der Waals surface area contributed by atoms with E-state index in [4.69, 9.17) is 16.2 Å². The highest BCUT2D eigenvalue weighted by molar-refractivity contribution is 5.88. The number of imidazole rings is 1.